The lowest BCUT2D eigenvalue weighted by atomic mass is 10.1. The van der Waals surface area contributed by atoms with E-state index in [2.05, 4.69) is 0 Å². The Bertz CT molecular complexity index is 448. The van der Waals surface area contributed by atoms with E-state index in [4.69, 9.17) is 27.9 Å². The summed E-state index contributed by atoms with van der Waals surface area (Å²) in [6, 6.07) is 6.47. The van der Waals surface area contributed by atoms with Crippen molar-refractivity contribution in [1.29, 1.82) is 0 Å². The lowest BCUT2D eigenvalue weighted by Crippen LogP contribution is -2.06. The first-order valence-electron chi connectivity index (χ1n) is 4.41. The van der Waals surface area contributed by atoms with Gasteiger partial charge in [-0.3, -0.25) is 4.79 Å². The Morgan fingerprint density at radius 2 is 2.06 bits per heavy atom. The van der Waals surface area contributed by atoms with Gasteiger partial charge in [-0.25, -0.2) is 4.79 Å². The Balaban J connectivity index is 3.22. The molecule has 0 radical (unpaired) electrons. The predicted molar refractivity (Wildman–Crippen MR) is 62.3 cm³/mol. The molecule has 0 heterocycles. The molecular formula is C11H8Cl2O3. The third-order valence-electron chi connectivity index (χ3n) is 1.74. The van der Waals surface area contributed by atoms with E-state index in [1.54, 1.807) is 25.1 Å². The lowest BCUT2D eigenvalue weighted by molar-refractivity contribution is -0.106. The van der Waals surface area contributed by atoms with Crippen LogP contribution in [0.25, 0.3) is 5.57 Å². The fourth-order valence-electron chi connectivity index (χ4n) is 1.15. The molecule has 0 fully saturated rings. The number of halogens is 2. The van der Waals surface area contributed by atoms with Crippen LogP contribution < -0.4 is 4.74 Å². The highest BCUT2D eigenvalue weighted by Gasteiger charge is 2.16. The molecule has 0 saturated carbocycles. The molecule has 3 nitrogen and oxygen atoms in total. The van der Waals surface area contributed by atoms with Crippen molar-refractivity contribution < 1.29 is 14.3 Å². The highest BCUT2D eigenvalue weighted by molar-refractivity contribution is 6.75. The van der Waals surface area contributed by atoms with Crippen LogP contribution in [0.2, 0.25) is 0 Å². The summed E-state index contributed by atoms with van der Waals surface area (Å²) in [4.78, 5) is 21.6. The second kappa shape index (κ2) is 5.71. The molecule has 0 spiro atoms. The zero-order valence-electron chi connectivity index (χ0n) is 8.37. The zero-order valence-corrected chi connectivity index (χ0v) is 9.88. The third kappa shape index (κ3) is 3.11. The monoisotopic (exact) mass is 258 g/mol. The summed E-state index contributed by atoms with van der Waals surface area (Å²) in [6.45, 7) is 1.62. The molecule has 0 bridgehead atoms. The van der Waals surface area contributed by atoms with Crippen LogP contribution in [0.15, 0.2) is 24.3 Å². The number of hydrogen-bond donors (Lipinski definition) is 0. The summed E-state index contributed by atoms with van der Waals surface area (Å²) < 4.78 is 5.23. The van der Waals surface area contributed by atoms with Gasteiger partial charge >= 0.3 is 0 Å². The molecule has 0 amide bonds. The Hall–Kier alpha value is -1.28. The maximum atomic E-state index is 11.0. The van der Waals surface area contributed by atoms with Crippen molar-refractivity contribution in [2.45, 2.75) is 12.5 Å². The van der Waals surface area contributed by atoms with Gasteiger partial charge in [0, 0.05) is 5.56 Å². The van der Waals surface area contributed by atoms with Crippen molar-refractivity contribution in [3.63, 3.8) is 0 Å². The highest BCUT2D eigenvalue weighted by atomic mass is 35.5. The van der Waals surface area contributed by atoms with Gasteiger partial charge in [0.25, 0.3) is 5.24 Å². The van der Waals surface area contributed by atoms with Gasteiger partial charge in [0.15, 0.2) is 5.56 Å². The minimum atomic E-state index is -0.881. The number of carbonyl (C=O) groups is 1. The number of rotatable bonds is 4. The number of hydrogen-bond acceptors (Lipinski definition) is 3. The fourth-order valence-corrected chi connectivity index (χ4v) is 1.39. The molecule has 1 aromatic rings. The van der Waals surface area contributed by atoms with E-state index in [1.165, 1.54) is 12.0 Å². The van der Waals surface area contributed by atoms with Gasteiger partial charge in [0.1, 0.15) is 17.3 Å². The highest BCUT2D eigenvalue weighted by Crippen LogP contribution is 2.27. The molecule has 0 aliphatic carbocycles. The Morgan fingerprint density at radius 1 is 1.44 bits per heavy atom. The van der Waals surface area contributed by atoms with E-state index < -0.39 is 10.8 Å². The lowest BCUT2D eigenvalue weighted by Gasteiger charge is -2.11. The maximum Gasteiger partial charge on any atom is 0.264 e. The molecule has 1 atom stereocenters. The zero-order chi connectivity index (χ0) is 12.1. The van der Waals surface area contributed by atoms with E-state index in [1.807, 2.05) is 0 Å². The summed E-state index contributed by atoms with van der Waals surface area (Å²) in [5.74, 6) is 1.81. The van der Waals surface area contributed by atoms with Crippen LogP contribution in [0, 0.1) is 0 Å². The van der Waals surface area contributed by atoms with E-state index in [-0.39, 0.29) is 11.1 Å². The fraction of sp³-hybridized carbons (Fsp3) is 0.182. The number of carbonyl (C=O) groups excluding carboxylic acids is 2. The molecule has 84 valence electrons. The molecule has 0 aromatic heterocycles. The summed E-state index contributed by atoms with van der Waals surface area (Å²) >= 11 is 10.9. The number of allylic oxidation sites excluding steroid dienone is 1. The molecule has 1 rings (SSSR count). The van der Waals surface area contributed by atoms with Crippen molar-refractivity contribution in [3.8, 4) is 5.75 Å². The molecule has 1 aromatic carbocycles. The maximum absolute atomic E-state index is 11.0. The Labute approximate surface area is 103 Å². The van der Waals surface area contributed by atoms with E-state index >= 15 is 0 Å². The van der Waals surface area contributed by atoms with Gasteiger partial charge in [-0.05, 0) is 30.7 Å². The van der Waals surface area contributed by atoms with Crippen LogP contribution >= 0.6 is 23.2 Å². The molecule has 0 N–H and O–H groups in total. The van der Waals surface area contributed by atoms with Crippen LogP contribution in [0.3, 0.4) is 0 Å². The van der Waals surface area contributed by atoms with Crippen molar-refractivity contribution >= 4 is 40.0 Å². The molecule has 5 heteroatoms. The van der Waals surface area contributed by atoms with E-state index in [9.17, 15) is 9.59 Å². The molecule has 0 aliphatic heterocycles. The Morgan fingerprint density at radius 3 is 2.56 bits per heavy atom. The summed E-state index contributed by atoms with van der Waals surface area (Å²) in [7, 11) is 0. The number of para-hydroxylation sites is 1. The minimum absolute atomic E-state index is 0.269. The molecule has 0 aliphatic rings. The SMILES string of the molecule is CC(Cl)Oc1ccccc1C(=C=O)C(=O)Cl. The van der Waals surface area contributed by atoms with Crippen LogP contribution in [-0.4, -0.2) is 16.7 Å². The normalized spacial score (nSPS) is 11.4. The second-order valence-electron chi connectivity index (χ2n) is 2.91. The Kier molecular flexibility index (Phi) is 4.56. The summed E-state index contributed by atoms with van der Waals surface area (Å²) in [6.07, 6.45) is 0. The number of benzene rings is 1. The smallest absolute Gasteiger partial charge is 0.264 e. The van der Waals surface area contributed by atoms with Gasteiger partial charge in [-0.15, -0.1) is 0 Å². The van der Waals surface area contributed by atoms with Crippen LogP contribution in [0.1, 0.15) is 12.5 Å². The predicted octanol–water partition coefficient (Wildman–Crippen LogP) is 2.63. The first-order valence-corrected chi connectivity index (χ1v) is 5.22. The van der Waals surface area contributed by atoms with Crippen LogP contribution in [0.5, 0.6) is 5.75 Å². The molecule has 16 heavy (non-hydrogen) atoms. The van der Waals surface area contributed by atoms with Crippen LogP contribution in [-0.2, 0) is 9.59 Å². The van der Waals surface area contributed by atoms with Crippen molar-refractivity contribution in [2.75, 3.05) is 0 Å². The van der Waals surface area contributed by atoms with Gasteiger partial charge in [-0.1, -0.05) is 23.7 Å². The molecule has 1 unspecified atom stereocenters. The number of ether oxygens (including phenoxy) is 1. The molecular weight excluding hydrogens is 251 g/mol. The van der Waals surface area contributed by atoms with Gasteiger partial charge < -0.3 is 4.74 Å². The van der Waals surface area contributed by atoms with Crippen LogP contribution in [0.4, 0.5) is 0 Å². The molecule has 0 saturated heterocycles. The number of alkyl halides is 1. The summed E-state index contributed by atoms with van der Waals surface area (Å²) in [5, 5.41) is -0.881. The summed E-state index contributed by atoms with van der Waals surface area (Å²) in [5.41, 5.74) is -0.570. The van der Waals surface area contributed by atoms with Crippen molar-refractivity contribution in [2.24, 2.45) is 0 Å². The largest absolute Gasteiger partial charge is 0.474 e. The topological polar surface area (TPSA) is 43.4 Å². The van der Waals surface area contributed by atoms with E-state index in [0.717, 1.165) is 0 Å². The average Bonchev–Trinajstić information content (AvgIpc) is 2.20. The van der Waals surface area contributed by atoms with Crippen molar-refractivity contribution in [1.82, 2.24) is 0 Å². The third-order valence-corrected chi connectivity index (χ3v) is 2.02. The van der Waals surface area contributed by atoms with Gasteiger partial charge in [0.05, 0.1) is 0 Å². The van der Waals surface area contributed by atoms with E-state index in [0.29, 0.717) is 5.75 Å². The first kappa shape index (κ1) is 12.8. The van der Waals surface area contributed by atoms with Crippen molar-refractivity contribution in [3.05, 3.63) is 29.8 Å². The van der Waals surface area contributed by atoms with Gasteiger partial charge in [0.2, 0.25) is 0 Å². The van der Waals surface area contributed by atoms with Gasteiger partial charge in [-0.2, -0.15) is 0 Å². The minimum Gasteiger partial charge on any atom is -0.474 e. The average molecular weight is 259 g/mol. The quantitative estimate of drug-likeness (QED) is 0.361. The standard InChI is InChI=1S/C11H8Cl2O3/c1-7(12)16-10-5-3-2-4-8(10)9(6-14)11(13)15/h2-5,7H,1H3. The second-order valence-corrected chi connectivity index (χ2v) is 3.87. The first-order chi connectivity index (χ1) is 7.56.